The van der Waals surface area contributed by atoms with E-state index in [0.717, 1.165) is 0 Å². The van der Waals surface area contributed by atoms with Crippen molar-refractivity contribution < 1.29 is 14.0 Å². The molecule has 0 aromatic heterocycles. The Kier molecular flexibility index (Phi) is 10.5. The van der Waals surface area contributed by atoms with Gasteiger partial charge in [-0.1, -0.05) is 26.0 Å². The molecule has 1 fully saturated rings. The van der Waals surface area contributed by atoms with E-state index in [9.17, 15) is 14.0 Å². The van der Waals surface area contributed by atoms with Crippen LogP contribution in [-0.4, -0.2) is 55.5 Å². The number of anilines is 1. The average molecular weight is 409 g/mol. The van der Waals surface area contributed by atoms with Crippen molar-refractivity contribution in [3.63, 3.8) is 0 Å². The largest absolute Gasteiger partial charge is 0.366 e. The first-order valence-electron chi connectivity index (χ1n) is 8.20. The van der Waals surface area contributed by atoms with Crippen molar-refractivity contribution in [2.24, 2.45) is 11.7 Å². The standard InChI is InChI=1S/C17H25FN4O2.2ClH/c1-12(2)16(19)17(24)20-11-15(23)22-9-7-21(8-10-22)14-6-4-3-5-13(14)18;;/h3-6,12,16H,7-11,19H2,1-2H3,(H,20,24);2*1H/t16-;;/m0../s1. The van der Waals surface area contributed by atoms with Crippen LogP contribution in [0.15, 0.2) is 24.3 Å². The van der Waals surface area contributed by atoms with Crippen molar-refractivity contribution in [1.82, 2.24) is 10.2 Å². The Morgan fingerprint density at radius 1 is 1.15 bits per heavy atom. The first kappa shape index (κ1) is 24.4. The van der Waals surface area contributed by atoms with Gasteiger partial charge in [-0.15, -0.1) is 24.8 Å². The molecule has 1 atom stereocenters. The molecule has 2 rings (SSSR count). The monoisotopic (exact) mass is 408 g/mol. The van der Waals surface area contributed by atoms with Crippen molar-refractivity contribution in [1.29, 1.82) is 0 Å². The van der Waals surface area contributed by atoms with Crippen molar-refractivity contribution >= 4 is 42.3 Å². The number of nitrogens with two attached hydrogens (primary N) is 1. The summed E-state index contributed by atoms with van der Waals surface area (Å²) in [5, 5.41) is 2.58. The minimum Gasteiger partial charge on any atom is -0.366 e. The zero-order valence-electron chi connectivity index (χ0n) is 15.0. The number of nitrogens with one attached hydrogen (secondary N) is 1. The molecule has 1 heterocycles. The Bertz CT molecular complexity index is 596. The van der Waals surface area contributed by atoms with Crippen LogP contribution in [0.3, 0.4) is 0 Å². The highest BCUT2D eigenvalue weighted by Crippen LogP contribution is 2.20. The highest BCUT2D eigenvalue weighted by atomic mass is 35.5. The molecule has 3 N–H and O–H groups in total. The lowest BCUT2D eigenvalue weighted by Crippen LogP contribution is -2.53. The van der Waals surface area contributed by atoms with Crippen LogP contribution in [0.2, 0.25) is 0 Å². The van der Waals surface area contributed by atoms with Gasteiger partial charge in [0.1, 0.15) is 5.82 Å². The molecule has 148 valence electrons. The van der Waals surface area contributed by atoms with E-state index < -0.39 is 6.04 Å². The van der Waals surface area contributed by atoms with E-state index in [-0.39, 0.29) is 54.9 Å². The summed E-state index contributed by atoms with van der Waals surface area (Å²) in [6.07, 6.45) is 0. The molecule has 0 bridgehead atoms. The second-order valence-corrected chi connectivity index (χ2v) is 6.31. The molecule has 1 aliphatic heterocycles. The van der Waals surface area contributed by atoms with E-state index in [1.165, 1.54) is 6.07 Å². The number of amides is 2. The van der Waals surface area contributed by atoms with E-state index in [2.05, 4.69) is 5.32 Å². The number of hydrogen-bond acceptors (Lipinski definition) is 4. The number of carbonyl (C=O) groups excluding carboxylic acids is 2. The zero-order chi connectivity index (χ0) is 17.7. The second-order valence-electron chi connectivity index (χ2n) is 6.31. The fourth-order valence-electron chi connectivity index (χ4n) is 2.60. The second kappa shape index (κ2) is 11.2. The van der Waals surface area contributed by atoms with E-state index in [4.69, 9.17) is 5.73 Å². The molecule has 1 aliphatic rings. The fraction of sp³-hybridized carbons (Fsp3) is 0.529. The topological polar surface area (TPSA) is 78.7 Å². The highest BCUT2D eigenvalue weighted by Gasteiger charge is 2.24. The number of piperazine rings is 1. The first-order chi connectivity index (χ1) is 11.4. The lowest BCUT2D eigenvalue weighted by Gasteiger charge is -2.36. The third kappa shape index (κ3) is 6.30. The summed E-state index contributed by atoms with van der Waals surface area (Å²) < 4.78 is 13.8. The molecule has 1 aromatic rings. The van der Waals surface area contributed by atoms with E-state index in [0.29, 0.717) is 31.9 Å². The van der Waals surface area contributed by atoms with Crippen molar-refractivity contribution in [3.8, 4) is 0 Å². The van der Waals surface area contributed by atoms with Crippen molar-refractivity contribution in [2.75, 3.05) is 37.6 Å². The molecular weight excluding hydrogens is 382 g/mol. The average Bonchev–Trinajstić information content (AvgIpc) is 2.59. The van der Waals surface area contributed by atoms with Gasteiger partial charge in [-0.25, -0.2) is 4.39 Å². The molecule has 2 amide bonds. The maximum Gasteiger partial charge on any atom is 0.242 e. The van der Waals surface area contributed by atoms with Crippen LogP contribution in [0.1, 0.15) is 13.8 Å². The molecule has 0 spiro atoms. The Balaban J connectivity index is 0.00000312. The van der Waals surface area contributed by atoms with Crippen LogP contribution in [0.4, 0.5) is 10.1 Å². The van der Waals surface area contributed by atoms with Crippen molar-refractivity contribution in [2.45, 2.75) is 19.9 Å². The summed E-state index contributed by atoms with van der Waals surface area (Å²) in [7, 11) is 0. The Morgan fingerprint density at radius 2 is 1.73 bits per heavy atom. The lowest BCUT2D eigenvalue weighted by atomic mass is 10.1. The van der Waals surface area contributed by atoms with E-state index in [1.54, 1.807) is 23.1 Å². The summed E-state index contributed by atoms with van der Waals surface area (Å²) in [6, 6.07) is 6.00. The number of halogens is 3. The molecule has 0 unspecified atom stereocenters. The zero-order valence-corrected chi connectivity index (χ0v) is 16.6. The predicted octanol–water partition coefficient (Wildman–Crippen LogP) is 1.42. The van der Waals surface area contributed by atoms with Crippen molar-refractivity contribution in [3.05, 3.63) is 30.1 Å². The molecule has 26 heavy (non-hydrogen) atoms. The Labute approximate surface area is 166 Å². The van der Waals surface area contributed by atoms with Gasteiger partial charge in [0.05, 0.1) is 18.3 Å². The minimum absolute atomic E-state index is 0. The Hall–Kier alpha value is -1.57. The number of benzene rings is 1. The molecule has 1 saturated heterocycles. The number of hydrogen-bond donors (Lipinski definition) is 2. The van der Waals surface area contributed by atoms with Gasteiger partial charge in [0.2, 0.25) is 11.8 Å². The molecule has 0 radical (unpaired) electrons. The van der Waals surface area contributed by atoms with Gasteiger partial charge < -0.3 is 20.9 Å². The molecule has 6 nitrogen and oxygen atoms in total. The van der Waals surface area contributed by atoms with Gasteiger partial charge in [-0.3, -0.25) is 9.59 Å². The number of nitrogens with zero attached hydrogens (tertiary/aromatic N) is 2. The van der Waals surface area contributed by atoms with Gasteiger partial charge in [0.15, 0.2) is 0 Å². The SMILES string of the molecule is CC(C)[C@H](N)C(=O)NCC(=O)N1CCN(c2ccccc2F)CC1.Cl.Cl. The number of rotatable bonds is 5. The van der Waals surface area contributed by atoms with Gasteiger partial charge in [-0.2, -0.15) is 0 Å². The summed E-state index contributed by atoms with van der Waals surface area (Å²) in [6.45, 7) is 5.78. The van der Waals surface area contributed by atoms with Crippen LogP contribution in [0.25, 0.3) is 0 Å². The third-order valence-corrected chi connectivity index (χ3v) is 4.26. The smallest absolute Gasteiger partial charge is 0.242 e. The molecular formula is C17H27Cl2FN4O2. The molecule has 0 aliphatic carbocycles. The van der Waals surface area contributed by atoms with Crippen LogP contribution in [0.5, 0.6) is 0 Å². The maximum absolute atomic E-state index is 13.8. The summed E-state index contributed by atoms with van der Waals surface area (Å²) in [5.41, 5.74) is 6.30. The molecule has 9 heteroatoms. The van der Waals surface area contributed by atoms with Gasteiger partial charge >= 0.3 is 0 Å². The highest BCUT2D eigenvalue weighted by molar-refractivity contribution is 5.87. The van der Waals surface area contributed by atoms with Gasteiger partial charge in [-0.05, 0) is 18.1 Å². The number of carbonyl (C=O) groups is 2. The summed E-state index contributed by atoms with van der Waals surface area (Å²) in [5.74, 6) is -0.701. The minimum atomic E-state index is -0.615. The quantitative estimate of drug-likeness (QED) is 0.771. The third-order valence-electron chi connectivity index (χ3n) is 4.26. The van der Waals surface area contributed by atoms with Crippen LogP contribution < -0.4 is 16.0 Å². The lowest BCUT2D eigenvalue weighted by molar-refractivity contribution is -0.133. The molecule has 1 aromatic carbocycles. The normalized spacial score (nSPS) is 15.0. The van der Waals surface area contributed by atoms with Gasteiger partial charge in [0.25, 0.3) is 0 Å². The number of para-hydroxylation sites is 1. The van der Waals surface area contributed by atoms with E-state index in [1.807, 2.05) is 18.7 Å². The predicted molar refractivity (Wildman–Crippen MR) is 106 cm³/mol. The van der Waals surface area contributed by atoms with Crippen LogP contribution in [0, 0.1) is 11.7 Å². The Morgan fingerprint density at radius 3 is 2.27 bits per heavy atom. The van der Waals surface area contributed by atoms with E-state index >= 15 is 0 Å². The first-order valence-corrected chi connectivity index (χ1v) is 8.20. The summed E-state index contributed by atoms with van der Waals surface area (Å²) in [4.78, 5) is 27.6. The van der Waals surface area contributed by atoms with Gasteiger partial charge in [0, 0.05) is 26.2 Å². The van der Waals surface area contributed by atoms with Crippen LogP contribution >= 0.6 is 24.8 Å². The fourth-order valence-corrected chi connectivity index (χ4v) is 2.60. The summed E-state index contributed by atoms with van der Waals surface area (Å²) >= 11 is 0. The maximum atomic E-state index is 13.8. The molecule has 0 saturated carbocycles. The van der Waals surface area contributed by atoms with Crippen LogP contribution in [-0.2, 0) is 9.59 Å².